The zero-order chi connectivity index (χ0) is 15.2. The molecule has 1 aromatic heterocycles. The summed E-state index contributed by atoms with van der Waals surface area (Å²) in [7, 11) is 0. The highest BCUT2D eigenvalue weighted by Gasteiger charge is 2.08. The summed E-state index contributed by atoms with van der Waals surface area (Å²) in [5.74, 6) is 1.68. The van der Waals surface area contributed by atoms with Crippen LogP contribution in [0.5, 0.6) is 5.75 Å². The second-order valence-corrected chi connectivity index (χ2v) is 6.11. The molecule has 0 radical (unpaired) electrons. The Morgan fingerprint density at radius 1 is 1.33 bits per heavy atom. The molecule has 1 N–H and O–H groups in total. The fourth-order valence-electron chi connectivity index (χ4n) is 1.86. The molecular formula is C16H19BrFNO2. The third-order valence-corrected chi connectivity index (χ3v) is 3.57. The van der Waals surface area contributed by atoms with Crippen LogP contribution in [0.25, 0.3) is 0 Å². The van der Waals surface area contributed by atoms with E-state index in [1.807, 2.05) is 6.07 Å². The van der Waals surface area contributed by atoms with Crippen LogP contribution < -0.4 is 10.1 Å². The quantitative estimate of drug-likeness (QED) is 0.793. The van der Waals surface area contributed by atoms with Crippen molar-refractivity contribution in [1.29, 1.82) is 0 Å². The summed E-state index contributed by atoms with van der Waals surface area (Å²) in [4.78, 5) is 0. The first-order valence-corrected chi connectivity index (χ1v) is 7.69. The maximum atomic E-state index is 13.2. The first-order chi connectivity index (χ1) is 10.1. The van der Waals surface area contributed by atoms with Gasteiger partial charge in [0.25, 0.3) is 0 Å². The molecule has 0 atom stereocenters. The van der Waals surface area contributed by atoms with Crippen LogP contribution in [-0.4, -0.2) is 6.54 Å². The Bertz CT molecular complexity index is 583. The number of hydrogen-bond acceptors (Lipinski definition) is 3. The Hall–Kier alpha value is -1.33. The van der Waals surface area contributed by atoms with E-state index in [-0.39, 0.29) is 5.82 Å². The summed E-state index contributed by atoms with van der Waals surface area (Å²) in [6.45, 7) is 6.36. The number of ether oxygens (including phenoxy) is 1. The van der Waals surface area contributed by atoms with Gasteiger partial charge < -0.3 is 14.5 Å². The molecule has 0 unspecified atom stereocenters. The highest BCUT2D eigenvalue weighted by atomic mass is 79.9. The third kappa shape index (κ3) is 4.86. The van der Waals surface area contributed by atoms with Crippen LogP contribution in [0.4, 0.5) is 4.39 Å². The van der Waals surface area contributed by atoms with E-state index in [0.29, 0.717) is 22.7 Å². The van der Waals surface area contributed by atoms with Crippen molar-refractivity contribution >= 4 is 15.9 Å². The van der Waals surface area contributed by atoms with Gasteiger partial charge in [0.2, 0.25) is 0 Å². The lowest BCUT2D eigenvalue weighted by atomic mass is 10.2. The zero-order valence-corrected chi connectivity index (χ0v) is 13.7. The number of furan rings is 1. The number of halogens is 2. The average molecular weight is 356 g/mol. The van der Waals surface area contributed by atoms with E-state index in [9.17, 15) is 4.39 Å². The summed E-state index contributed by atoms with van der Waals surface area (Å²) in [5.41, 5.74) is 1.08. The van der Waals surface area contributed by atoms with E-state index >= 15 is 0 Å². The van der Waals surface area contributed by atoms with Crippen molar-refractivity contribution in [2.45, 2.75) is 27.0 Å². The van der Waals surface area contributed by atoms with Crippen LogP contribution in [-0.2, 0) is 13.2 Å². The minimum atomic E-state index is -0.307. The molecule has 0 aliphatic heterocycles. The van der Waals surface area contributed by atoms with Gasteiger partial charge in [-0.05, 0) is 52.7 Å². The van der Waals surface area contributed by atoms with Gasteiger partial charge >= 0.3 is 0 Å². The number of rotatable bonds is 7. The van der Waals surface area contributed by atoms with Gasteiger partial charge in [-0.1, -0.05) is 13.8 Å². The maximum Gasteiger partial charge on any atom is 0.146 e. The van der Waals surface area contributed by atoms with Gasteiger partial charge in [0.05, 0.1) is 10.7 Å². The Balaban J connectivity index is 1.91. The van der Waals surface area contributed by atoms with Crippen molar-refractivity contribution in [3.8, 4) is 5.75 Å². The Morgan fingerprint density at radius 3 is 2.86 bits per heavy atom. The van der Waals surface area contributed by atoms with E-state index in [1.54, 1.807) is 18.4 Å². The van der Waals surface area contributed by atoms with Crippen molar-refractivity contribution < 1.29 is 13.5 Å². The standard InChI is InChI=1S/C16H19BrFNO2/c1-11(2)8-19-9-12-5-6-20-16(12)10-21-13-3-4-15(18)14(17)7-13/h3-7,11,19H,8-10H2,1-2H3. The smallest absolute Gasteiger partial charge is 0.146 e. The van der Waals surface area contributed by atoms with Crippen molar-refractivity contribution in [2.24, 2.45) is 5.92 Å². The molecule has 2 rings (SSSR count). The molecule has 0 bridgehead atoms. The van der Waals surface area contributed by atoms with Crippen LogP contribution in [0.2, 0.25) is 0 Å². The normalized spacial score (nSPS) is 11.1. The molecular weight excluding hydrogens is 337 g/mol. The van der Waals surface area contributed by atoms with E-state index in [4.69, 9.17) is 9.15 Å². The Labute approximate surface area is 132 Å². The Kier molecular flexibility index (Phi) is 5.82. The fourth-order valence-corrected chi connectivity index (χ4v) is 2.22. The zero-order valence-electron chi connectivity index (χ0n) is 12.2. The minimum absolute atomic E-state index is 0.307. The van der Waals surface area contributed by atoms with Gasteiger partial charge in [0.1, 0.15) is 23.9 Å². The largest absolute Gasteiger partial charge is 0.486 e. The first-order valence-electron chi connectivity index (χ1n) is 6.90. The monoisotopic (exact) mass is 355 g/mol. The summed E-state index contributed by atoms with van der Waals surface area (Å²) in [6, 6.07) is 6.51. The predicted molar refractivity (Wildman–Crippen MR) is 83.7 cm³/mol. The Morgan fingerprint density at radius 2 is 2.14 bits per heavy atom. The van der Waals surface area contributed by atoms with Crippen LogP contribution in [0.1, 0.15) is 25.2 Å². The third-order valence-electron chi connectivity index (χ3n) is 2.97. The molecule has 2 aromatic rings. The van der Waals surface area contributed by atoms with Gasteiger partial charge in [-0.2, -0.15) is 0 Å². The molecule has 0 amide bonds. The van der Waals surface area contributed by atoms with E-state index in [2.05, 4.69) is 35.1 Å². The molecule has 3 nitrogen and oxygen atoms in total. The summed E-state index contributed by atoms with van der Waals surface area (Å²) in [5, 5.41) is 3.37. The van der Waals surface area contributed by atoms with Gasteiger partial charge in [-0.15, -0.1) is 0 Å². The first kappa shape index (κ1) is 16.0. The molecule has 0 fully saturated rings. The molecule has 114 valence electrons. The number of benzene rings is 1. The lowest BCUT2D eigenvalue weighted by molar-refractivity contribution is 0.267. The summed E-state index contributed by atoms with van der Waals surface area (Å²) in [6.07, 6.45) is 1.66. The summed E-state index contributed by atoms with van der Waals surface area (Å²) < 4.78 is 24.6. The molecule has 0 spiro atoms. The lowest BCUT2D eigenvalue weighted by Gasteiger charge is -2.09. The highest BCUT2D eigenvalue weighted by molar-refractivity contribution is 9.10. The molecule has 0 saturated carbocycles. The fraction of sp³-hybridized carbons (Fsp3) is 0.375. The topological polar surface area (TPSA) is 34.4 Å². The molecule has 0 saturated heterocycles. The van der Waals surface area contributed by atoms with Crippen LogP contribution >= 0.6 is 15.9 Å². The van der Waals surface area contributed by atoms with Crippen molar-refractivity contribution in [1.82, 2.24) is 5.32 Å². The van der Waals surface area contributed by atoms with E-state index in [0.717, 1.165) is 24.4 Å². The summed E-state index contributed by atoms with van der Waals surface area (Å²) >= 11 is 3.14. The average Bonchev–Trinajstić information content (AvgIpc) is 2.87. The minimum Gasteiger partial charge on any atom is -0.486 e. The van der Waals surface area contributed by atoms with Gasteiger partial charge in [0, 0.05) is 12.1 Å². The molecule has 0 aliphatic carbocycles. The molecule has 1 aromatic carbocycles. The maximum absolute atomic E-state index is 13.2. The number of hydrogen-bond donors (Lipinski definition) is 1. The van der Waals surface area contributed by atoms with E-state index < -0.39 is 0 Å². The molecule has 21 heavy (non-hydrogen) atoms. The number of nitrogens with one attached hydrogen (secondary N) is 1. The van der Waals surface area contributed by atoms with Gasteiger partial charge in [-0.25, -0.2) is 4.39 Å². The SMILES string of the molecule is CC(C)CNCc1ccoc1COc1ccc(F)c(Br)c1. The van der Waals surface area contributed by atoms with Crippen LogP contribution in [0.15, 0.2) is 39.4 Å². The van der Waals surface area contributed by atoms with Crippen LogP contribution in [0, 0.1) is 11.7 Å². The van der Waals surface area contributed by atoms with Crippen molar-refractivity contribution in [3.63, 3.8) is 0 Å². The highest BCUT2D eigenvalue weighted by Crippen LogP contribution is 2.23. The van der Waals surface area contributed by atoms with Crippen molar-refractivity contribution in [3.05, 3.63) is 52.1 Å². The molecule has 5 heteroatoms. The predicted octanol–water partition coefficient (Wildman–Crippen LogP) is 4.51. The van der Waals surface area contributed by atoms with E-state index in [1.165, 1.54) is 6.07 Å². The molecule has 1 heterocycles. The van der Waals surface area contributed by atoms with Crippen LogP contribution in [0.3, 0.4) is 0 Å². The second kappa shape index (κ2) is 7.61. The second-order valence-electron chi connectivity index (χ2n) is 5.26. The van der Waals surface area contributed by atoms with Crippen molar-refractivity contribution in [2.75, 3.05) is 6.54 Å². The van der Waals surface area contributed by atoms with Gasteiger partial charge in [-0.3, -0.25) is 0 Å². The lowest BCUT2D eigenvalue weighted by Crippen LogP contribution is -2.19. The van der Waals surface area contributed by atoms with Gasteiger partial charge in [0.15, 0.2) is 0 Å². The molecule has 0 aliphatic rings.